The van der Waals surface area contributed by atoms with Gasteiger partial charge in [-0.1, -0.05) is 266 Å². The van der Waals surface area contributed by atoms with E-state index in [1.807, 2.05) is 0 Å². The minimum absolute atomic E-state index is 0.102. The Hall–Kier alpha value is -1.94. The fourth-order valence-corrected chi connectivity index (χ4v) is 11.1. The van der Waals surface area contributed by atoms with Crippen molar-refractivity contribution in [3.63, 3.8) is 0 Å². The molecule has 0 radical (unpaired) electrons. The Labute approximate surface area is 505 Å². The summed E-state index contributed by atoms with van der Waals surface area (Å²) in [6.45, 7) is 9.35. The second-order valence-electron chi connectivity index (χ2n) is 24.1. The summed E-state index contributed by atoms with van der Waals surface area (Å²) in [5.41, 5.74) is 0. The monoisotopic (exact) mass is 1230 g/mol. The number of aliphatic hydroxyl groups excluding tert-OH is 1. The third-order valence-electron chi connectivity index (χ3n) is 14.7. The summed E-state index contributed by atoms with van der Waals surface area (Å²) >= 11 is 0. The zero-order chi connectivity index (χ0) is 61.5. The van der Waals surface area contributed by atoms with E-state index in [4.69, 9.17) is 37.0 Å². The lowest BCUT2D eigenvalue weighted by molar-refractivity contribution is -0.161. The van der Waals surface area contributed by atoms with Crippen molar-refractivity contribution in [2.75, 3.05) is 39.6 Å². The van der Waals surface area contributed by atoms with Crippen molar-refractivity contribution in [1.82, 2.24) is 0 Å². The van der Waals surface area contributed by atoms with E-state index in [1.165, 1.54) is 128 Å². The third kappa shape index (κ3) is 58.8. The van der Waals surface area contributed by atoms with Crippen LogP contribution in [0, 0.1) is 11.8 Å². The van der Waals surface area contributed by atoms with Gasteiger partial charge in [0.05, 0.1) is 26.4 Å². The molecular formula is C64H124O17P2. The molecule has 0 saturated carbocycles. The molecule has 0 fully saturated rings. The number of aliphatic hydroxyl groups is 1. The lowest BCUT2D eigenvalue weighted by Crippen LogP contribution is -2.30. The molecule has 17 nitrogen and oxygen atoms in total. The first-order valence-electron chi connectivity index (χ1n) is 33.5. The van der Waals surface area contributed by atoms with Crippen LogP contribution >= 0.6 is 15.6 Å². The fraction of sp³-hybridized carbons (Fsp3) is 0.938. The highest BCUT2D eigenvalue weighted by Gasteiger charge is 2.30. The van der Waals surface area contributed by atoms with Crippen LogP contribution in [-0.2, 0) is 65.4 Å². The standard InChI is InChI=1S/C64H124O17P2/c1-7-9-11-13-15-17-19-21-23-27-34-40-46-61(66)74-52-59(80-63(68)48-42-36-28-24-22-20-18-16-14-12-10-8-2)54-78-82(70,71)76-50-58(65)51-77-83(72,73)79-55-60(53-75-62(67)47-41-35-31-30-33-39-45-57(5)6)81-64(69)49-43-37-29-25-26-32-38-44-56(3)4/h56-60,65H,7-55H2,1-6H3,(H,70,71)(H,72,73)/t58-,59-,60-/m1/s1. The smallest absolute Gasteiger partial charge is 0.462 e. The molecule has 5 atom stereocenters. The van der Waals surface area contributed by atoms with Crippen molar-refractivity contribution in [3.05, 3.63) is 0 Å². The van der Waals surface area contributed by atoms with Crippen LogP contribution in [0.2, 0.25) is 0 Å². The normalized spacial score (nSPS) is 14.3. The number of ether oxygens (including phenoxy) is 4. The highest BCUT2D eigenvalue weighted by molar-refractivity contribution is 7.47. The number of hydrogen-bond donors (Lipinski definition) is 3. The summed E-state index contributed by atoms with van der Waals surface area (Å²) in [6, 6.07) is 0. The molecule has 0 aliphatic carbocycles. The van der Waals surface area contributed by atoms with Gasteiger partial charge in [-0.05, 0) is 37.5 Å². The maximum absolute atomic E-state index is 13.0. The van der Waals surface area contributed by atoms with E-state index < -0.39 is 97.5 Å². The Balaban J connectivity index is 5.24. The van der Waals surface area contributed by atoms with Gasteiger partial charge in [-0.3, -0.25) is 37.3 Å². The molecule has 0 aromatic carbocycles. The molecule has 492 valence electrons. The van der Waals surface area contributed by atoms with Gasteiger partial charge in [0.1, 0.15) is 19.3 Å². The molecule has 0 rings (SSSR count). The number of carbonyl (C=O) groups excluding carboxylic acids is 4. The molecule has 0 saturated heterocycles. The summed E-state index contributed by atoms with van der Waals surface area (Å²) in [6.07, 6.45) is 39.1. The number of phosphoric ester groups is 2. The Morgan fingerprint density at radius 2 is 0.554 bits per heavy atom. The molecule has 0 aromatic rings. The topological polar surface area (TPSA) is 237 Å². The highest BCUT2D eigenvalue weighted by Crippen LogP contribution is 2.45. The van der Waals surface area contributed by atoms with E-state index in [-0.39, 0.29) is 25.7 Å². The molecule has 0 aromatic heterocycles. The Kier molecular flexibility index (Phi) is 55.2. The second kappa shape index (κ2) is 56.6. The predicted molar refractivity (Wildman–Crippen MR) is 331 cm³/mol. The highest BCUT2D eigenvalue weighted by atomic mass is 31.2. The largest absolute Gasteiger partial charge is 0.472 e. The average Bonchev–Trinajstić information content (AvgIpc) is 3.45. The van der Waals surface area contributed by atoms with Gasteiger partial charge < -0.3 is 33.8 Å². The second-order valence-corrected chi connectivity index (χ2v) is 27.0. The number of carbonyl (C=O) groups is 4. The van der Waals surface area contributed by atoms with E-state index in [0.29, 0.717) is 37.5 Å². The minimum atomic E-state index is -4.94. The number of hydrogen-bond acceptors (Lipinski definition) is 15. The van der Waals surface area contributed by atoms with Gasteiger partial charge in [0.25, 0.3) is 0 Å². The maximum Gasteiger partial charge on any atom is 0.472 e. The van der Waals surface area contributed by atoms with Gasteiger partial charge in [-0.25, -0.2) is 9.13 Å². The van der Waals surface area contributed by atoms with Crippen LogP contribution in [0.5, 0.6) is 0 Å². The predicted octanol–water partition coefficient (Wildman–Crippen LogP) is 17.7. The molecule has 0 amide bonds. The molecule has 2 unspecified atom stereocenters. The molecular weight excluding hydrogens is 1100 g/mol. The lowest BCUT2D eigenvalue weighted by atomic mass is 10.0. The first kappa shape index (κ1) is 81.1. The van der Waals surface area contributed by atoms with Gasteiger partial charge in [0.2, 0.25) is 0 Å². The van der Waals surface area contributed by atoms with Crippen LogP contribution in [0.15, 0.2) is 0 Å². The SMILES string of the molecule is CCCCCCCCCCCCCCC(=O)OC[C@H](COP(=O)(O)OC[C@@H](O)COP(=O)(O)OC[C@@H](COC(=O)CCCCCCCCC(C)C)OC(=O)CCCCCCCCCC(C)C)OC(=O)CCCCCCCCCCCCCC. The summed E-state index contributed by atoms with van der Waals surface area (Å²) in [5, 5.41) is 10.5. The van der Waals surface area contributed by atoms with E-state index in [9.17, 15) is 43.2 Å². The zero-order valence-electron chi connectivity index (χ0n) is 53.5. The molecule has 0 spiro atoms. The van der Waals surface area contributed by atoms with Gasteiger partial charge in [-0.15, -0.1) is 0 Å². The number of esters is 4. The van der Waals surface area contributed by atoms with Crippen molar-refractivity contribution in [3.8, 4) is 0 Å². The van der Waals surface area contributed by atoms with Crippen molar-refractivity contribution < 1.29 is 80.2 Å². The zero-order valence-corrected chi connectivity index (χ0v) is 55.3. The molecule has 3 N–H and O–H groups in total. The minimum Gasteiger partial charge on any atom is -0.462 e. The fourth-order valence-electron chi connectivity index (χ4n) is 9.53. The third-order valence-corrected chi connectivity index (χ3v) is 16.6. The summed E-state index contributed by atoms with van der Waals surface area (Å²) < 4.78 is 68.0. The molecule has 0 aliphatic rings. The number of rotatable bonds is 63. The van der Waals surface area contributed by atoms with Crippen LogP contribution in [-0.4, -0.2) is 96.7 Å². The van der Waals surface area contributed by atoms with Gasteiger partial charge in [0, 0.05) is 25.7 Å². The van der Waals surface area contributed by atoms with E-state index >= 15 is 0 Å². The molecule has 0 heterocycles. The Morgan fingerprint density at radius 3 is 0.819 bits per heavy atom. The van der Waals surface area contributed by atoms with Crippen LogP contribution in [0.4, 0.5) is 0 Å². The average molecular weight is 1230 g/mol. The molecule has 0 bridgehead atoms. The number of phosphoric acid groups is 2. The first-order valence-corrected chi connectivity index (χ1v) is 36.5. The molecule has 83 heavy (non-hydrogen) atoms. The first-order chi connectivity index (χ1) is 39.9. The lowest BCUT2D eigenvalue weighted by Gasteiger charge is -2.21. The quantitative estimate of drug-likeness (QED) is 0.0222. The van der Waals surface area contributed by atoms with E-state index in [2.05, 4.69) is 41.5 Å². The number of unbranched alkanes of at least 4 members (excludes halogenated alkanes) is 33. The van der Waals surface area contributed by atoms with Crippen LogP contribution in [0.1, 0.15) is 318 Å². The van der Waals surface area contributed by atoms with Crippen molar-refractivity contribution in [1.29, 1.82) is 0 Å². The van der Waals surface area contributed by atoms with Crippen molar-refractivity contribution >= 4 is 39.5 Å². The van der Waals surface area contributed by atoms with Crippen LogP contribution < -0.4 is 0 Å². The van der Waals surface area contributed by atoms with Gasteiger partial charge in [-0.2, -0.15) is 0 Å². The maximum atomic E-state index is 13.0. The molecule has 19 heteroatoms. The summed E-state index contributed by atoms with van der Waals surface area (Å²) in [5.74, 6) is -0.760. The summed E-state index contributed by atoms with van der Waals surface area (Å²) in [7, 11) is -9.89. The summed E-state index contributed by atoms with van der Waals surface area (Å²) in [4.78, 5) is 72.2. The van der Waals surface area contributed by atoms with Crippen LogP contribution in [0.25, 0.3) is 0 Å². The Morgan fingerprint density at radius 1 is 0.325 bits per heavy atom. The van der Waals surface area contributed by atoms with Crippen LogP contribution in [0.3, 0.4) is 0 Å². The van der Waals surface area contributed by atoms with E-state index in [1.54, 1.807) is 0 Å². The van der Waals surface area contributed by atoms with Gasteiger partial charge in [0.15, 0.2) is 12.2 Å². The van der Waals surface area contributed by atoms with Crippen molar-refractivity contribution in [2.24, 2.45) is 11.8 Å². The van der Waals surface area contributed by atoms with Gasteiger partial charge >= 0.3 is 39.5 Å². The molecule has 0 aliphatic heterocycles. The van der Waals surface area contributed by atoms with Crippen molar-refractivity contribution in [2.45, 2.75) is 336 Å². The van der Waals surface area contributed by atoms with E-state index in [0.717, 1.165) is 96.3 Å². The Bertz CT molecular complexity index is 1630.